The molecule has 1 aliphatic rings. The van der Waals surface area contributed by atoms with Crippen LogP contribution in [0.2, 0.25) is 0 Å². The van der Waals surface area contributed by atoms with Gasteiger partial charge in [-0.15, -0.1) is 5.10 Å². The van der Waals surface area contributed by atoms with Crippen LogP contribution in [0, 0.1) is 0 Å². The molecule has 1 saturated carbocycles. The van der Waals surface area contributed by atoms with Gasteiger partial charge in [0.25, 0.3) is 6.43 Å². The maximum Gasteiger partial charge on any atom is 0.258 e. The number of alkyl halides is 2. The Bertz CT molecular complexity index is 1430. The van der Waals surface area contributed by atoms with Gasteiger partial charge in [0.2, 0.25) is 11.5 Å². The van der Waals surface area contributed by atoms with E-state index < -0.39 is 13.0 Å². The Morgan fingerprint density at radius 3 is 2.86 bits per heavy atom. The number of aliphatic hydroxyl groups is 1. The average Bonchev–Trinajstić information content (AvgIpc) is 3.43. The molecule has 5 rings (SSSR count). The summed E-state index contributed by atoms with van der Waals surface area (Å²) in [5, 5.41) is 19.8. The Balaban J connectivity index is 1.50. The van der Waals surface area contributed by atoms with Crippen LogP contribution in [-0.4, -0.2) is 73.6 Å². The van der Waals surface area contributed by atoms with Crippen molar-refractivity contribution in [3.05, 3.63) is 36.1 Å². The summed E-state index contributed by atoms with van der Waals surface area (Å²) in [5.41, 5.74) is 3.21. The Morgan fingerprint density at radius 1 is 1.29 bits per heavy atom. The topological polar surface area (TPSA) is 115 Å². The minimum atomic E-state index is -2.56. The quantitative estimate of drug-likeness (QED) is 0.394. The number of ether oxygens (including phenoxy) is 2. The molecule has 0 bridgehead atoms. The van der Waals surface area contributed by atoms with E-state index in [1.807, 2.05) is 0 Å². The molecule has 0 atom stereocenters. The lowest BCUT2D eigenvalue weighted by Gasteiger charge is -2.25. The van der Waals surface area contributed by atoms with Crippen molar-refractivity contribution in [3.63, 3.8) is 0 Å². The van der Waals surface area contributed by atoms with Crippen LogP contribution in [0.1, 0.15) is 27.1 Å². The van der Waals surface area contributed by atoms with Crippen molar-refractivity contribution in [1.82, 2.24) is 29.6 Å². The molecule has 1 aliphatic carbocycles. The number of aromatic nitrogens is 6. The summed E-state index contributed by atoms with van der Waals surface area (Å²) < 4.78 is 48.4. The van der Waals surface area contributed by atoms with Crippen molar-refractivity contribution in [3.8, 4) is 17.0 Å². The average molecular weight is 489 g/mol. The Morgan fingerprint density at radius 2 is 2.11 bits per heavy atom. The standard InChI is InChI=1S/C23H27F2N7O3/c1-34-22-21-17(14-2-7-18-19(12-14)32(30-28-18)13-20(24)25)8-9-31(21)29-23(27-22)26-15-3-5-16(6-4-15)35-11-10-33/h2,7-9,12,15-16,20,33H,3-6,10-11,13H2,1H3,(H,26,29)/i9D. The number of nitrogens with zero attached hydrogens (tertiary/aromatic N) is 6. The van der Waals surface area contributed by atoms with E-state index in [4.69, 9.17) is 20.9 Å². The van der Waals surface area contributed by atoms with Gasteiger partial charge in [0.1, 0.15) is 17.6 Å². The number of methoxy groups -OCH3 is 1. The van der Waals surface area contributed by atoms with Gasteiger partial charge in [-0.25, -0.2) is 18.5 Å². The number of hydrogen-bond acceptors (Lipinski definition) is 7. The molecule has 0 spiro atoms. The second kappa shape index (κ2) is 10.1. The summed E-state index contributed by atoms with van der Waals surface area (Å²) in [6, 6.07) is 6.95. The van der Waals surface area contributed by atoms with Crippen LogP contribution in [0.25, 0.3) is 27.7 Å². The lowest BCUT2D eigenvalue weighted by atomic mass is 9.93. The molecule has 186 valence electrons. The van der Waals surface area contributed by atoms with Crippen molar-refractivity contribution in [1.29, 1.82) is 0 Å². The lowest BCUT2D eigenvalue weighted by molar-refractivity contribution is 0.00612. The monoisotopic (exact) mass is 488 g/mol. The molecule has 0 unspecified atom stereocenters. The Kier molecular flexibility index (Phi) is 6.37. The summed E-state index contributed by atoms with van der Waals surface area (Å²) in [5.74, 6) is 0.292. The zero-order valence-electron chi connectivity index (χ0n) is 20.2. The van der Waals surface area contributed by atoms with Crippen molar-refractivity contribution >= 4 is 16.6 Å². The van der Waals surface area contributed by atoms with Gasteiger partial charge >= 0.3 is 0 Å². The predicted molar refractivity (Wildman–Crippen MR) is 123 cm³/mol. The normalized spacial score (nSPS) is 19.7. The second-order valence-electron chi connectivity index (χ2n) is 8.45. The van der Waals surface area contributed by atoms with E-state index in [0.29, 0.717) is 45.8 Å². The summed E-state index contributed by atoms with van der Waals surface area (Å²) in [7, 11) is 1.50. The first-order valence-electron chi connectivity index (χ1n) is 12.0. The van der Waals surface area contributed by atoms with Gasteiger partial charge in [-0.3, -0.25) is 9.61 Å². The van der Waals surface area contributed by atoms with Gasteiger partial charge in [-0.05, 0) is 49.4 Å². The zero-order chi connectivity index (χ0) is 25.2. The summed E-state index contributed by atoms with van der Waals surface area (Å²) in [4.78, 5) is 9.29. The molecule has 0 aliphatic heterocycles. The van der Waals surface area contributed by atoms with Gasteiger partial charge in [0, 0.05) is 11.7 Å². The molecule has 3 heterocycles. The first-order valence-corrected chi connectivity index (χ1v) is 11.5. The van der Waals surface area contributed by atoms with Crippen molar-refractivity contribution in [2.45, 2.75) is 50.8 Å². The number of aromatic amines is 1. The molecule has 35 heavy (non-hydrogen) atoms. The highest BCUT2D eigenvalue weighted by atomic mass is 19.3. The van der Waals surface area contributed by atoms with E-state index >= 15 is 0 Å². The van der Waals surface area contributed by atoms with Crippen molar-refractivity contribution in [2.24, 2.45) is 4.99 Å². The molecule has 0 amide bonds. The number of H-pyrrole nitrogens is 1. The fourth-order valence-corrected chi connectivity index (χ4v) is 4.51. The van der Waals surface area contributed by atoms with E-state index in [-0.39, 0.29) is 24.9 Å². The van der Waals surface area contributed by atoms with Crippen LogP contribution >= 0.6 is 0 Å². The van der Waals surface area contributed by atoms with Crippen LogP contribution in [0.5, 0.6) is 5.88 Å². The first kappa shape index (κ1) is 22.1. The number of rotatable bonds is 8. The molecule has 1 fully saturated rings. The van der Waals surface area contributed by atoms with E-state index in [1.54, 1.807) is 28.8 Å². The van der Waals surface area contributed by atoms with E-state index in [1.165, 1.54) is 11.8 Å². The number of nitrogens with one attached hydrogen (secondary N) is 1. The zero-order valence-corrected chi connectivity index (χ0v) is 19.2. The summed E-state index contributed by atoms with van der Waals surface area (Å²) in [6.07, 6.45) is 1.10. The van der Waals surface area contributed by atoms with E-state index in [2.05, 4.69) is 20.4 Å². The predicted octanol–water partition coefficient (Wildman–Crippen LogP) is 2.57. The molecular formula is C23H27F2N7O3. The molecule has 0 saturated heterocycles. The maximum atomic E-state index is 13.0. The Hall–Kier alpha value is -3.38. The molecule has 2 N–H and O–H groups in total. The molecular weight excluding hydrogens is 460 g/mol. The maximum absolute atomic E-state index is 13.0. The smallest absolute Gasteiger partial charge is 0.258 e. The second-order valence-corrected chi connectivity index (χ2v) is 8.45. The summed E-state index contributed by atoms with van der Waals surface area (Å²) in [6.45, 7) is -0.198. The van der Waals surface area contributed by atoms with Gasteiger partial charge in [-0.2, -0.15) is 4.98 Å². The SMILES string of the molecule is [2H]c1cc(-c2ccc3nnn(CC(F)F)c3c2)c2c(OC)nc(=NC3CCC(OCCO)CC3)[nH]n12. The van der Waals surface area contributed by atoms with Crippen LogP contribution in [0.3, 0.4) is 0 Å². The van der Waals surface area contributed by atoms with E-state index in [0.717, 1.165) is 25.7 Å². The highest BCUT2D eigenvalue weighted by Gasteiger charge is 2.21. The minimum absolute atomic E-state index is 0.0153. The number of aliphatic hydroxyl groups excluding tert-OH is 1. The third kappa shape index (κ3) is 4.89. The van der Waals surface area contributed by atoms with Crippen LogP contribution in [0.15, 0.2) is 35.4 Å². The fraction of sp³-hybridized carbons (Fsp3) is 0.478. The first-order chi connectivity index (χ1) is 17.5. The van der Waals surface area contributed by atoms with Gasteiger partial charge in [-0.1, -0.05) is 11.3 Å². The molecule has 12 heteroatoms. The molecule has 3 aromatic heterocycles. The molecule has 4 aromatic rings. The van der Waals surface area contributed by atoms with Gasteiger partial charge in [0.05, 0.1) is 39.4 Å². The Labute approximate surface area is 200 Å². The number of halogens is 2. The lowest BCUT2D eigenvalue weighted by Crippen LogP contribution is -2.28. The van der Waals surface area contributed by atoms with E-state index in [9.17, 15) is 8.78 Å². The third-order valence-electron chi connectivity index (χ3n) is 6.16. The van der Waals surface area contributed by atoms with Crippen molar-refractivity contribution in [2.75, 3.05) is 20.3 Å². The van der Waals surface area contributed by atoms with Crippen LogP contribution in [0.4, 0.5) is 8.78 Å². The number of fused-ring (bicyclic) bond motifs is 2. The fourth-order valence-electron chi connectivity index (χ4n) is 4.51. The molecule has 10 nitrogen and oxygen atoms in total. The van der Waals surface area contributed by atoms with Crippen LogP contribution in [-0.2, 0) is 11.3 Å². The van der Waals surface area contributed by atoms with Gasteiger partial charge < -0.3 is 14.6 Å². The number of benzene rings is 1. The highest BCUT2D eigenvalue weighted by molar-refractivity contribution is 5.89. The van der Waals surface area contributed by atoms with Crippen LogP contribution < -0.4 is 10.4 Å². The highest BCUT2D eigenvalue weighted by Crippen LogP contribution is 2.31. The van der Waals surface area contributed by atoms with Crippen molar-refractivity contribution < 1.29 is 24.7 Å². The summed E-state index contributed by atoms with van der Waals surface area (Å²) >= 11 is 0. The van der Waals surface area contributed by atoms with Gasteiger partial charge in [0.15, 0.2) is 0 Å². The minimum Gasteiger partial charge on any atom is -0.479 e. The largest absolute Gasteiger partial charge is 0.479 e. The molecule has 1 aromatic carbocycles. The third-order valence-corrected chi connectivity index (χ3v) is 6.16. The number of hydrogen-bond donors (Lipinski definition) is 2. The molecule has 0 radical (unpaired) electrons.